The second kappa shape index (κ2) is 6.28. The molecule has 1 N–H and O–H groups in total. The molecule has 1 saturated heterocycles. The fourth-order valence-electron chi connectivity index (χ4n) is 3.27. The third kappa shape index (κ3) is 2.78. The van der Waals surface area contributed by atoms with Gasteiger partial charge in [0.1, 0.15) is 0 Å². The minimum Gasteiger partial charge on any atom is -0.481 e. The van der Waals surface area contributed by atoms with Crippen molar-refractivity contribution in [3.05, 3.63) is 36.0 Å². The number of aliphatic carboxylic acids is 1. The van der Waals surface area contributed by atoms with E-state index in [4.69, 9.17) is 4.74 Å². The van der Waals surface area contributed by atoms with E-state index in [1.165, 1.54) is 0 Å². The van der Waals surface area contributed by atoms with Crippen molar-refractivity contribution in [2.45, 2.75) is 19.9 Å². The molecule has 1 aromatic heterocycles. The number of nitrogens with zero attached hydrogens (tertiary/aromatic N) is 2. The molecule has 0 saturated carbocycles. The number of hydrogen-bond donors (Lipinski definition) is 1. The van der Waals surface area contributed by atoms with Gasteiger partial charge in [0.15, 0.2) is 0 Å². The molecule has 1 aliphatic heterocycles. The summed E-state index contributed by atoms with van der Waals surface area (Å²) in [6.07, 6.45) is 2.33. The molecule has 2 aromatic rings. The Morgan fingerprint density at radius 3 is 2.75 bits per heavy atom. The van der Waals surface area contributed by atoms with Crippen LogP contribution in [0.5, 0.6) is 0 Å². The Morgan fingerprint density at radius 1 is 1.33 bits per heavy atom. The van der Waals surface area contributed by atoms with Gasteiger partial charge in [-0.2, -0.15) is 0 Å². The molecular formula is C18H22N2O4. The van der Waals surface area contributed by atoms with E-state index >= 15 is 0 Å². The minimum atomic E-state index is -0.857. The van der Waals surface area contributed by atoms with Gasteiger partial charge in [0.2, 0.25) is 0 Å². The number of carbonyl (C=O) groups is 2. The number of rotatable bonds is 5. The average molecular weight is 330 g/mol. The molecule has 24 heavy (non-hydrogen) atoms. The molecule has 1 amide bonds. The van der Waals surface area contributed by atoms with Gasteiger partial charge in [0, 0.05) is 43.8 Å². The first-order valence-corrected chi connectivity index (χ1v) is 8.06. The molecule has 3 rings (SSSR count). The van der Waals surface area contributed by atoms with Gasteiger partial charge >= 0.3 is 5.97 Å². The number of likely N-dealkylation sites (tertiary alicyclic amines) is 1. The lowest BCUT2D eigenvalue weighted by Crippen LogP contribution is -2.34. The molecular weight excluding hydrogens is 308 g/mol. The van der Waals surface area contributed by atoms with Crippen LogP contribution < -0.4 is 0 Å². The molecule has 1 aromatic carbocycles. The van der Waals surface area contributed by atoms with Crippen molar-refractivity contribution < 1.29 is 19.4 Å². The van der Waals surface area contributed by atoms with E-state index in [1.54, 1.807) is 18.9 Å². The summed E-state index contributed by atoms with van der Waals surface area (Å²) in [5.41, 5.74) is 0.749. The van der Waals surface area contributed by atoms with Crippen molar-refractivity contribution in [1.82, 2.24) is 9.47 Å². The molecule has 0 spiro atoms. The van der Waals surface area contributed by atoms with Crippen molar-refractivity contribution in [3.8, 4) is 0 Å². The van der Waals surface area contributed by atoms with E-state index in [0.29, 0.717) is 31.7 Å². The van der Waals surface area contributed by atoms with Crippen molar-refractivity contribution in [2.75, 3.05) is 26.8 Å². The molecule has 1 fully saturated rings. The van der Waals surface area contributed by atoms with Gasteiger partial charge in [0.25, 0.3) is 5.91 Å². The number of methoxy groups -OCH3 is 1. The van der Waals surface area contributed by atoms with Crippen LogP contribution in [-0.4, -0.2) is 53.3 Å². The van der Waals surface area contributed by atoms with Gasteiger partial charge in [-0.1, -0.05) is 18.2 Å². The van der Waals surface area contributed by atoms with Crippen LogP contribution in [-0.2, 0) is 16.1 Å². The zero-order valence-corrected chi connectivity index (χ0v) is 14.0. The Hall–Kier alpha value is -2.34. The van der Waals surface area contributed by atoms with Crippen molar-refractivity contribution in [3.63, 3.8) is 0 Å². The molecule has 6 nitrogen and oxygen atoms in total. The van der Waals surface area contributed by atoms with Crippen LogP contribution in [0.25, 0.3) is 10.9 Å². The number of carboxylic acid groups (broad SMARTS) is 1. The van der Waals surface area contributed by atoms with E-state index in [1.807, 2.05) is 35.0 Å². The quantitative estimate of drug-likeness (QED) is 0.912. The van der Waals surface area contributed by atoms with Crippen molar-refractivity contribution in [1.29, 1.82) is 0 Å². The number of fused-ring (bicyclic) bond motifs is 1. The molecule has 1 atom stereocenters. The van der Waals surface area contributed by atoms with E-state index in [2.05, 4.69) is 0 Å². The third-order valence-electron chi connectivity index (χ3n) is 4.83. The number of carboxylic acids is 1. The number of benzene rings is 1. The molecule has 0 unspecified atom stereocenters. The maximum Gasteiger partial charge on any atom is 0.311 e. The molecule has 0 bridgehead atoms. The fraction of sp³-hybridized carbons (Fsp3) is 0.444. The predicted octanol–water partition coefficient (Wildman–Crippen LogP) is 2.22. The Kier molecular flexibility index (Phi) is 4.32. The summed E-state index contributed by atoms with van der Waals surface area (Å²) in [4.78, 5) is 26.0. The minimum absolute atomic E-state index is 0.104. The summed E-state index contributed by atoms with van der Waals surface area (Å²) < 4.78 is 7.15. The average Bonchev–Trinajstić information content (AvgIpc) is 3.15. The molecule has 2 heterocycles. The normalized spacial score (nSPS) is 20.7. The van der Waals surface area contributed by atoms with Gasteiger partial charge in [0.05, 0.1) is 17.6 Å². The highest BCUT2D eigenvalue weighted by Gasteiger charge is 2.42. The second-order valence-corrected chi connectivity index (χ2v) is 6.59. The second-order valence-electron chi connectivity index (χ2n) is 6.59. The number of aromatic nitrogens is 1. The van der Waals surface area contributed by atoms with Crippen LogP contribution in [0.2, 0.25) is 0 Å². The van der Waals surface area contributed by atoms with Crippen molar-refractivity contribution >= 4 is 22.8 Å². The number of hydrogen-bond acceptors (Lipinski definition) is 3. The fourth-order valence-corrected chi connectivity index (χ4v) is 3.27. The lowest BCUT2D eigenvalue weighted by atomic mass is 9.90. The lowest BCUT2D eigenvalue weighted by Gasteiger charge is -2.20. The van der Waals surface area contributed by atoms with E-state index in [-0.39, 0.29) is 12.5 Å². The first kappa shape index (κ1) is 16.5. The standard InChI is InChI=1S/C18H22N2O4/c1-18(17(22)23)7-8-20(12-18)16(21)14-11-19(9-10-24-2)15-6-4-3-5-13(14)15/h3-6,11H,7-10,12H2,1-2H3,(H,22,23)/t18-/m0/s1. The van der Waals surface area contributed by atoms with E-state index < -0.39 is 11.4 Å². The Morgan fingerprint density at radius 2 is 2.08 bits per heavy atom. The van der Waals surface area contributed by atoms with Gasteiger partial charge in [-0.3, -0.25) is 9.59 Å². The van der Waals surface area contributed by atoms with Gasteiger partial charge in [-0.05, 0) is 19.4 Å². The van der Waals surface area contributed by atoms with Gasteiger partial charge in [-0.15, -0.1) is 0 Å². The zero-order chi connectivity index (χ0) is 17.3. The molecule has 0 aliphatic carbocycles. The summed E-state index contributed by atoms with van der Waals surface area (Å²) in [7, 11) is 1.65. The van der Waals surface area contributed by atoms with Gasteiger partial charge < -0.3 is 19.3 Å². The highest BCUT2D eigenvalue weighted by molar-refractivity contribution is 6.07. The van der Waals surface area contributed by atoms with Crippen LogP contribution in [0.1, 0.15) is 23.7 Å². The summed E-state index contributed by atoms with van der Waals surface area (Å²) in [6, 6.07) is 7.76. The molecule has 128 valence electrons. The number of para-hydroxylation sites is 1. The maximum absolute atomic E-state index is 12.9. The van der Waals surface area contributed by atoms with E-state index in [9.17, 15) is 14.7 Å². The summed E-state index contributed by atoms with van der Waals surface area (Å²) in [6.45, 7) is 3.65. The monoisotopic (exact) mass is 330 g/mol. The molecule has 0 radical (unpaired) electrons. The first-order valence-electron chi connectivity index (χ1n) is 8.06. The van der Waals surface area contributed by atoms with Crippen LogP contribution in [0.3, 0.4) is 0 Å². The third-order valence-corrected chi connectivity index (χ3v) is 4.83. The molecule has 6 heteroatoms. The van der Waals surface area contributed by atoms with Crippen LogP contribution in [0.4, 0.5) is 0 Å². The Balaban J connectivity index is 1.92. The maximum atomic E-state index is 12.9. The number of amides is 1. The highest BCUT2D eigenvalue weighted by Crippen LogP contribution is 2.32. The van der Waals surface area contributed by atoms with Gasteiger partial charge in [-0.25, -0.2) is 0 Å². The number of carbonyl (C=O) groups excluding carboxylic acids is 1. The van der Waals surface area contributed by atoms with Crippen LogP contribution >= 0.6 is 0 Å². The SMILES string of the molecule is COCCn1cc(C(=O)N2CC[C@](C)(C(=O)O)C2)c2ccccc21. The number of ether oxygens (including phenoxy) is 1. The summed E-state index contributed by atoms with van der Waals surface area (Å²) in [5.74, 6) is -0.951. The largest absolute Gasteiger partial charge is 0.481 e. The van der Waals surface area contributed by atoms with Crippen LogP contribution in [0.15, 0.2) is 30.5 Å². The first-order chi connectivity index (χ1) is 11.5. The molecule has 1 aliphatic rings. The Labute approximate surface area is 140 Å². The summed E-state index contributed by atoms with van der Waals surface area (Å²) >= 11 is 0. The van der Waals surface area contributed by atoms with E-state index in [0.717, 1.165) is 10.9 Å². The van der Waals surface area contributed by atoms with Crippen molar-refractivity contribution in [2.24, 2.45) is 5.41 Å². The summed E-state index contributed by atoms with van der Waals surface area (Å²) in [5, 5.41) is 10.3. The predicted molar refractivity (Wildman–Crippen MR) is 90.1 cm³/mol. The lowest BCUT2D eigenvalue weighted by molar-refractivity contribution is -0.147. The topological polar surface area (TPSA) is 71.8 Å². The zero-order valence-electron chi connectivity index (χ0n) is 14.0. The van der Waals surface area contributed by atoms with Crippen LogP contribution in [0, 0.1) is 5.41 Å². The highest BCUT2D eigenvalue weighted by atomic mass is 16.5. The Bertz CT molecular complexity index is 782. The smallest absolute Gasteiger partial charge is 0.311 e.